The summed E-state index contributed by atoms with van der Waals surface area (Å²) in [6.45, 7) is 16.8. The molecule has 0 unspecified atom stereocenters. The van der Waals surface area contributed by atoms with E-state index in [4.69, 9.17) is 27.1 Å². The Morgan fingerprint density at radius 3 is 0.931 bits per heavy atom. The van der Waals surface area contributed by atoms with Crippen LogP contribution in [0.2, 0.25) is 0 Å². The molecular formula is C19H42O8P2. The smallest absolute Gasteiger partial charge is 0.287 e. The molecule has 0 N–H and O–H groups in total. The summed E-state index contributed by atoms with van der Waals surface area (Å²) in [6.07, 6.45) is 0.333. The highest BCUT2D eigenvalue weighted by Crippen LogP contribution is 2.51. The lowest BCUT2D eigenvalue weighted by molar-refractivity contribution is 0.0788. The van der Waals surface area contributed by atoms with Gasteiger partial charge in [-0.3, -0.25) is 27.1 Å². The molecule has 0 aliphatic carbocycles. The fourth-order valence-corrected chi connectivity index (χ4v) is 4.67. The van der Waals surface area contributed by atoms with Crippen LogP contribution in [0.25, 0.3) is 0 Å². The molecule has 0 amide bonds. The van der Waals surface area contributed by atoms with Gasteiger partial charge < -0.3 is 0 Å². The molecule has 0 saturated carbocycles. The van der Waals surface area contributed by atoms with E-state index in [-0.39, 0.29) is 63.3 Å². The second kappa shape index (κ2) is 15.1. The van der Waals surface area contributed by atoms with Crippen molar-refractivity contribution in [2.75, 3.05) is 39.6 Å². The first-order chi connectivity index (χ1) is 13.4. The van der Waals surface area contributed by atoms with Crippen molar-refractivity contribution in [1.29, 1.82) is 0 Å². The molecule has 8 nitrogen and oxygen atoms in total. The molecular weight excluding hydrogens is 418 g/mol. The molecule has 0 fully saturated rings. The third kappa shape index (κ3) is 16.6. The highest BCUT2D eigenvalue weighted by Gasteiger charge is 2.29. The number of phosphoric ester groups is 2. The molecule has 29 heavy (non-hydrogen) atoms. The molecule has 176 valence electrons. The Kier molecular flexibility index (Phi) is 15.2. The van der Waals surface area contributed by atoms with E-state index in [2.05, 4.69) is 0 Å². The molecule has 0 aromatic carbocycles. The topological polar surface area (TPSA) is 89.5 Å². The summed E-state index contributed by atoms with van der Waals surface area (Å²) in [4.78, 5) is 0. The summed E-state index contributed by atoms with van der Waals surface area (Å²) in [7, 11) is -7.29. The van der Waals surface area contributed by atoms with Crippen LogP contribution in [0, 0.1) is 23.7 Å². The predicted octanol–water partition coefficient (Wildman–Crippen LogP) is 6.32. The van der Waals surface area contributed by atoms with Gasteiger partial charge >= 0.3 is 15.6 Å². The Hall–Kier alpha value is 0.220. The second-order valence-corrected chi connectivity index (χ2v) is 12.0. The molecule has 0 atom stereocenters. The molecule has 0 aromatic heterocycles. The largest absolute Gasteiger partial charge is 0.474 e. The molecule has 0 saturated heterocycles. The Morgan fingerprint density at radius 2 is 0.724 bits per heavy atom. The van der Waals surface area contributed by atoms with Gasteiger partial charge in [-0.15, -0.1) is 0 Å². The third-order valence-electron chi connectivity index (χ3n) is 3.05. The van der Waals surface area contributed by atoms with Gasteiger partial charge in [-0.2, -0.15) is 0 Å². The summed E-state index contributed by atoms with van der Waals surface area (Å²) in [5.74, 6) is 0.778. The van der Waals surface area contributed by atoms with Crippen molar-refractivity contribution < 1.29 is 36.3 Å². The Labute approximate surface area is 177 Å². The zero-order chi connectivity index (χ0) is 22.5. The van der Waals surface area contributed by atoms with Gasteiger partial charge in [-0.1, -0.05) is 55.4 Å². The van der Waals surface area contributed by atoms with Gasteiger partial charge in [-0.05, 0) is 30.1 Å². The van der Waals surface area contributed by atoms with Crippen LogP contribution >= 0.6 is 15.6 Å². The Balaban J connectivity index is 4.56. The van der Waals surface area contributed by atoms with Gasteiger partial charge in [0.1, 0.15) is 0 Å². The minimum atomic E-state index is -3.65. The lowest BCUT2D eigenvalue weighted by Gasteiger charge is -2.21. The van der Waals surface area contributed by atoms with Gasteiger partial charge in [0.15, 0.2) is 0 Å². The van der Waals surface area contributed by atoms with Crippen molar-refractivity contribution in [2.24, 2.45) is 23.7 Å². The van der Waals surface area contributed by atoms with E-state index in [9.17, 15) is 9.13 Å². The average molecular weight is 460 g/mol. The van der Waals surface area contributed by atoms with Crippen LogP contribution in [0.4, 0.5) is 0 Å². The van der Waals surface area contributed by atoms with Crippen LogP contribution in [0.5, 0.6) is 0 Å². The van der Waals surface area contributed by atoms with Crippen LogP contribution in [-0.2, 0) is 36.3 Å². The summed E-state index contributed by atoms with van der Waals surface area (Å²) >= 11 is 0. The first-order valence-corrected chi connectivity index (χ1v) is 13.4. The SMILES string of the molecule is CC(C)COP(=O)(OCCCOP(=O)(OCC(C)C)OCC(C)C)OCC(C)C. The van der Waals surface area contributed by atoms with E-state index in [1.807, 2.05) is 55.4 Å². The van der Waals surface area contributed by atoms with Gasteiger partial charge in [-0.25, -0.2) is 9.13 Å². The quantitative estimate of drug-likeness (QED) is 0.173. The molecule has 0 rings (SSSR count). The van der Waals surface area contributed by atoms with Crippen LogP contribution in [0.15, 0.2) is 0 Å². The molecule has 0 aliphatic heterocycles. The summed E-state index contributed by atoms with van der Waals surface area (Å²) in [6, 6.07) is 0. The molecule has 0 bridgehead atoms. The first kappa shape index (κ1) is 29.2. The number of phosphoric acid groups is 2. The van der Waals surface area contributed by atoms with Crippen LogP contribution in [0.1, 0.15) is 61.8 Å². The first-order valence-electron chi connectivity index (χ1n) is 10.4. The zero-order valence-electron chi connectivity index (χ0n) is 19.4. The van der Waals surface area contributed by atoms with Crippen molar-refractivity contribution in [1.82, 2.24) is 0 Å². The molecule has 0 spiro atoms. The maximum Gasteiger partial charge on any atom is 0.474 e. The van der Waals surface area contributed by atoms with E-state index < -0.39 is 15.6 Å². The minimum absolute atomic E-state index is 0.0713. The Morgan fingerprint density at radius 1 is 0.483 bits per heavy atom. The minimum Gasteiger partial charge on any atom is -0.287 e. The van der Waals surface area contributed by atoms with Crippen molar-refractivity contribution in [3.8, 4) is 0 Å². The van der Waals surface area contributed by atoms with Gasteiger partial charge in [0.2, 0.25) is 0 Å². The molecule has 0 heterocycles. The van der Waals surface area contributed by atoms with Gasteiger partial charge in [0.05, 0.1) is 39.6 Å². The van der Waals surface area contributed by atoms with Crippen LogP contribution < -0.4 is 0 Å². The van der Waals surface area contributed by atoms with Crippen LogP contribution in [0.3, 0.4) is 0 Å². The Bertz CT molecular complexity index is 432. The highest BCUT2D eigenvalue weighted by molar-refractivity contribution is 7.48. The summed E-state index contributed by atoms with van der Waals surface area (Å²) in [5.41, 5.74) is 0. The fraction of sp³-hybridized carbons (Fsp3) is 1.00. The predicted molar refractivity (Wildman–Crippen MR) is 115 cm³/mol. The van der Waals surface area contributed by atoms with E-state index in [0.29, 0.717) is 6.42 Å². The van der Waals surface area contributed by atoms with Crippen molar-refractivity contribution in [2.45, 2.75) is 61.8 Å². The molecule has 0 aromatic rings. The molecule has 0 aliphatic rings. The monoisotopic (exact) mass is 460 g/mol. The lowest BCUT2D eigenvalue weighted by atomic mass is 10.2. The van der Waals surface area contributed by atoms with Crippen molar-refractivity contribution in [3.05, 3.63) is 0 Å². The van der Waals surface area contributed by atoms with E-state index in [0.717, 1.165) is 0 Å². The standard InChI is InChI=1S/C19H42O8P2/c1-16(2)12-24-28(20,25-13-17(3)4)22-10-9-11-23-29(21,26-14-18(5)6)27-15-19(7)8/h16-19H,9-15H2,1-8H3. The van der Waals surface area contributed by atoms with Crippen molar-refractivity contribution >= 4 is 15.6 Å². The zero-order valence-corrected chi connectivity index (χ0v) is 21.2. The summed E-state index contributed by atoms with van der Waals surface area (Å²) in [5, 5.41) is 0. The van der Waals surface area contributed by atoms with E-state index in [1.54, 1.807) is 0 Å². The summed E-state index contributed by atoms with van der Waals surface area (Å²) < 4.78 is 57.8. The highest BCUT2D eigenvalue weighted by atomic mass is 31.2. The molecule has 0 radical (unpaired) electrons. The number of hydrogen-bond donors (Lipinski definition) is 0. The average Bonchev–Trinajstić information content (AvgIpc) is 2.61. The van der Waals surface area contributed by atoms with Crippen molar-refractivity contribution in [3.63, 3.8) is 0 Å². The van der Waals surface area contributed by atoms with Crippen LogP contribution in [-0.4, -0.2) is 39.6 Å². The maximum atomic E-state index is 12.7. The fourth-order valence-electron chi connectivity index (χ4n) is 1.60. The normalized spacial score (nSPS) is 13.4. The van der Waals surface area contributed by atoms with Gasteiger partial charge in [0, 0.05) is 0 Å². The lowest BCUT2D eigenvalue weighted by Crippen LogP contribution is -2.11. The number of rotatable bonds is 18. The second-order valence-electron chi connectivity index (χ2n) is 8.67. The van der Waals surface area contributed by atoms with E-state index >= 15 is 0 Å². The number of hydrogen-bond acceptors (Lipinski definition) is 8. The maximum absolute atomic E-state index is 12.7. The van der Waals surface area contributed by atoms with E-state index in [1.165, 1.54) is 0 Å². The molecule has 10 heteroatoms. The van der Waals surface area contributed by atoms with Gasteiger partial charge in [0.25, 0.3) is 0 Å². The third-order valence-corrected chi connectivity index (χ3v) is 5.91.